The van der Waals surface area contributed by atoms with Crippen LogP contribution in [0, 0.1) is 5.92 Å². The van der Waals surface area contributed by atoms with E-state index in [-0.39, 0.29) is 0 Å². The van der Waals surface area contributed by atoms with Gasteiger partial charge in [-0.1, -0.05) is 13.8 Å². The number of rotatable bonds is 8. The predicted molar refractivity (Wildman–Crippen MR) is 67.2 cm³/mol. The van der Waals surface area contributed by atoms with Crippen molar-refractivity contribution < 1.29 is 0 Å². The molecule has 1 saturated carbocycles. The van der Waals surface area contributed by atoms with E-state index in [9.17, 15) is 0 Å². The normalized spacial score (nSPS) is 17.0. The molecule has 0 atom stereocenters. The molecule has 1 fully saturated rings. The molecule has 0 unspecified atom stereocenters. The Hall–Kier alpha value is -0.0800. The number of nitrogens with one attached hydrogen (secondary N) is 1. The zero-order chi connectivity index (χ0) is 11.3. The summed E-state index contributed by atoms with van der Waals surface area (Å²) in [5.41, 5.74) is 0. The van der Waals surface area contributed by atoms with Crippen LogP contribution in [0.2, 0.25) is 0 Å². The second kappa shape index (κ2) is 6.49. The molecule has 1 aliphatic rings. The van der Waals surface area contributed by atoms with Gasteiger partial charge in [-0.2, -0.15) is 0 Å². The fraction of sp³-hybridized carbons (Fsp3) is 1.00. The molecule has 2 nitrogen and oxygen atoms in total. The van der Waals surface area contributed by atoms with Gasteiger partial charge in [0.15, 0.2) is 0 Å². The molecule has 0 aromatic heterocycles. The minimum absolute atomic E-state index is 0.626. The minimum Gasteiger partial charge on any atom is -0.314 e. The van der Waals surface area contributed by atoms with E-state index in [1.54, 1.807) is 0 Å². The molecule has 0 aliphatic heterocycles. The lowest BCUT2D eigenvalue weighted by Gasteiger charge is -2.26. The first-order valence-corrected chi connectivity index (χ1v) is 6.57. The van der Waals surface area contributed by atoms with Gasteiger partial charge in [-0.15, -0.1) is 0 Å². The summed E-state index contributed by atoms with van der Waals surface area (Å²) in [7, 11) is 0. The first-order valence-electron chi connectivity index (χ1n) is 6.57. The third kappa shape index (κ3) is 6.16. The largest absolute Gasteiger partial charge is 0.314 e. The highest BCUT2D eigenvalue weighted by Gasteiger charge is 2.24. The van der Waals surface area contributed by atoms with E-state index in [1.807, 2.05) is 0 Å². The van der Waals surface area contributed by atoms with Crippen molar-refractivity contribution in [3.8, 4) is 0 Å². The Kier molecular flexibility index (Phi) is 5.62. The lowest BCUT2D eigenvalue weighted by molar-refractivity contribution is 0.209. The van der Waals surface area contributed by atoms with Gasteiger partial charge >= 0.3 is 0 Å². The average Bonchev–Trinajstić information content (AvgIpc) is 2.93. The number of hydrogen-bond acceptors (Lipinski definition) is 2. The first kappa shape index (κ1) is 13.0. The van der Waals surface area contributed by atoms with Crippen LogP contribution < -0.4 is 5.32 Å². The molecule has 90 valence electrons. The Balaban J connectivity index is 2.08. The standard InChI is InChI=1S/C13H28N2/c1-11(2)14-8-5-9-15(12(3)4)10-13-6-7-13/h11-14H,5-10H2,1-4H3. The van der Waals surface area contributed by atoms with Crippen LogP contribution in [0.15, 0.2) is 0 Å². The fourth-order valence-electron chi connectivity index (χ4n) is 1.87. The maximum atomic E-state index is 3.48. The summed E-state index contributed by atoms with van der Waals surface area (Å²) in [4.78, 5) is 2.64. The van der Waals surface area contributed by atoms with E-state index in [0.29, 0.717) is 12.1 Å². The highest BCUT2D eigenvalue weighted by molar-refractivity contribution is 4.78. The molecule has 0 saturated heterocycles. The highest BCUT2D eigenvalue weighted by atomic mass is 15.1. The van der Waals surface area contributed by atoms with Crippen molar-refractivity contribution in [3.05, 3.63) is 0 Å². The van der Waals surface area contributed by atoms with Gasteiger partial charge in [0.1, 0.15) is 0 Å². The van der Waals surface area contributed by atoms with E-state index in [2.05, 4.69) is 37.9 Å². The van der Waals surface area contributed by atoms with Crippen LogP contribution in [-0.4, -0.2) is 36.6 Å². The second-order valence-corrected chi connectivity index (χ2v) is 5.49. The summed E-state index contributed by atoms with van der Waals surface area (Å²) in [6.45, 7) is 12.8. The van der Waals surface area contributed by atoms with Gasteiger partial charge in [0, 0.05) is 18.6 Å². The molecule has 0 radical (unpaired) electrons. The van der Waals surface area contributed by atoms with Crippen molar-refractivity contribution in [1.29, 1.82) is 0 Å². The van der Waals surface area contributed by atoms with E-state index >= 15 is 0 Å². The molecule has 0 spiro atoms. The lowest BCUT2D eigenvalue weighted by atomic mass is 10.2. The summed E-state index contributed by atoms with van der Waals surface area (Å²) in [6.07, 6.45) is 4.21. The molecule has 0 aromatic carbocycles. The van der Waals surface area contributed by atoms with Crippen LogP contribution in [0.4, 0.5) is 0 Å². The van der Waals surface area contributed by atoms with E-state index in [4.69, 9.17) is 0 Å². The van der Waals surface area contributed by atoms with Crippen molar-refractivity contribution in [3.63, 3.8) is 0 Å². The molecule has 0 aromatic rings. The lowest BCUT2D eigenvalue weighted by Crippen LogP contribution is -2.35. The molecule has 1 aliphatic carbocycles. The molecule has 0 amide bonds. The fourth-order valence-corrected chi connectivity index (χ4v) is 1.87. The van der Waals surface area contributed by atoms with Crippen molar-refractivity contribution in [2.45, 2.75) is 59.0 Å². The van der Waals surface area contributed by atoms with E-state index < -0.39 is 0 Å². The van der Waals surface area contributed by atoms with Crippen LogP contribution >= 0.6 is 0 Å². The van der Waals surface area contributed by atoms with Crippen LogP contribution in [0.3, 0.4) is 0 Å². The Morgan fingerprint density at radius 3 is 2.33 bits per heavy atom. The minimum atomic E-state index is 0.626. The number of nitrogens with zero attached hydrogens (tertiary/aromatic N) is 1. The van der Waals surface area contributed by atoms with Gasteiger partial charge in [0.25, 0.3) is 0 Å². The molecule has 1 rings (SSSR count). The molecule has 2 heteroatoms. The monoisotopic (exact) mass is 212 g/mol. The summed E-state index contributed by atoms with van der Waals surface area (Å²) in [5, 5.41) is 3.48. The number of hydrogen-bond donors (Lipinski definition) is 1. The zero-order valence-corrected chi connectivity index (χ0v) is 10.9. The van der Waals surface area contributed by atoms with Crippen molar-refractivity contribution >= 4 is 0 Å². The SMILES string of the molecule is CC(C)NCCCN(CC1CC1)C(C)C. The summed E-state index contributed by atoms with van der Waals surface area (Å²) < 4.78 is 0. The van der Waals surface area contributed by atoms with Crippen LogP contribution in [0.25, 0.3) is 0 Å². The third-order valence-corrected chi connectivity index (χ3v) is 3.09. The summed E-state index contributed by atoms with van der Waals surface area (Å²) in [5.74, 6) is 1.02. The third-order valence-electron chi connectivity index (χ3n) is 3.09. The van der Waals surface area contributed by atoms with Crippen LogP contribution in [-0.2, 0) is 0 Å². The van der Waals surface area contributed by atoms with Crippen molar-refractivity contribution in [1.82, 2.24) is 10.2 Å². The van der Waals surface area contributed by atoms with Gasteiger partial charge in [-0.3, -0.25) is 0 Å². The Morgan fingerprint density at radius 1 is 1.20 bits per heavy atom. The molecule has 1 N–H and O–H groups in total. The van der Waals surface area contributed by atoms with E-state index in [1.165, 1.54) is 32.4 Å². The maximum absolute atomic E-state index is 3.48. The first-order chi connectivity index (χ1) is 7.09. The zero-order valence-electron chi connectivity index (χ0n) is 10.9. The summed E-state index contributed by atoms with van der Waals surface area (Å²) in [6, 6.07) is 1.34. The predicted octanol–water partition coefficient (Wildman–Crippen LogP) is 2.49. The van der Waals surface area contributed by atoms with Crippen LogP contribution in [0.1, 0.15) is 47.0 Å². The smallest absolute Gasteiger partial charge is 0.00387 e. The Morgan fingerprint density at radius 2 is 1.87 bits per heavy atom. The van der Waals surface area contributed by atoms with Gasteiger partial charge in [0.05, 0.1) is 0 Å². The van der Waals surface area contributed by atoms with E-state index in [0.717, 1.165) is 12.5 Å². The second-order valence-electron chi connectivity index (χ2n) is 5.49. The molecule has 15 heavy (non-hydrogen) atoms. The maximum Gasteiger partial charge on any atom is 0.00387 e. The molecule has 0 heterocycles. The molecular weight excluding hydrogens is 184 g/mol. The Labute approximate surface area is 95.4 Å². The molecular formula is C13H28N2. The quantitative estimate of drug-likeness (QED) is 0.622. The van der Waals surface area contributed by atoms with Crippen LogP contribution in [0.5, 0.6) is 0 Å². The van der Waals surface area contributed by atoms with Crippen molar-refractivity contribution in [2.24, 2.45) is 5.92 Å². The van der Waals surface area contributed by atoms with Gasteiger partial charge < -0.3 is 10.2 Å². The topological polar surface area (TPSA) is 15.3 Å². The highest BCUT2D eigenvalue weighted by Crippen LogP contribution is 2.30. The summed E-state index contributed by atoms with van der Waals surface area (Å²) >= 11 is 0. The van der Waals surface area contributed by atoms with Gasteiger partial charge in [0.2, 0.25) is 0 Å². The Bertz CT molecular complexity index is 162. The van der Waals surface area contributed by atoms with Gasteiger partial charge in [-0.05, 0) is 52.1 Å². The van der Waals surface area contributed by atoms with Crippen molar-refractivity contribution in [2.75, 3.05) is 19.6 Å². The van der Waals surface area contributed by atoms with Gasteiger partial charge in [-0.25, -0.2) is 0 Å². The molecule has 0 bridgehead atoms. The average molecular weight is 212 g/mol.